The second-order valence-corrected chi connectivity index (χ2v) is 4.48. The van der Waals surface area contributed by atoms with Crippen molar-refractivity contribution in [1.29, 1.82) is 0 Å². The molecule has 81 valence electrons. The average molecular weight is 197 g/mol. The maximum absolute atomic E-state index is 5.38. The first-order valence-corrected chi connectivity index (χ1v) is 5.70. The van der Waals surface area contributed by atoms with Crippen molar-refractivity contribution in [2.75, 3.05) is 45.9 Å². The molecule has 1 unspecified atom stereocenters. The Labute approximate surface area is 87.0 Å². The zero-order valence-corrected chi connectivity index (χ0v) is 8.95. The molecule has 2 fully saturated rings. The van der Waals surface area contributed by atoms with Crippen molar-refractivity contribution in [3.05, 3.63) is 7.05 Å². The molecule has 1 radical (unpaired) electrons. The summed E-state index contributed by atoms with van der Waals surface area (Å²) in [5.74, 6) is 0.827. The van der Waals surface area contributed by atoms with Crippen molar-refractivity contribution < 1.29 is 4.74 Å². The molecule has 0 saturated carbocycles. The molecular weight excluding hydrogens is 176 g/mol. The van der Waals surface area contributed by atoms with Crippen LogP contribution in [0.25, 0.3) is 0 Å². The molecule has 0 aromatic rings. The van der Waals surface area contributed by atoms with E-state index in [1.165, 1.54) is 32.5 Å². The van der Waals surface area contributed by atoms with Gasteiger partial charge in [-0.25, -0.2) is 0 Å². The number of hydrogen-bond donors (Lipinski definition) is 0. The van der Waals surface area contributed by atoms with Crippen LogP contribution in [0.15, 0.2) is 0 Å². The monoisotopic (exact) mass is 197 g/mol. The highest BCUT2D eigenvalue weighted by Gasteiger charge is 2.18. The van der Waals surface area contributed by atoms with E-state index in [1.807, 2.05) is 0 Å². The summed E-state index contributed by atoms with van der Waals surface area (Å²) in [4.78, 5) is 4.72. The van der Waals surface area contributed by atoms with Crippen LogP contribution in [0.3, 0.4) is 0 Å². The van der Waals surface area contributed by atoms with Crippen LogP contribution in [0.4, 0.5) is 0 Å². The average Bonchev–Trinajstić information content (AvgIpc) is 2.70. The molecule has 2 heterocycles. The summed E-state index contributed by atoms with van der Waals surface area (Å²) in [5, 5.41) is 0. The van der Waals surface area contributed by atoms with Gasteiger partial charge in [0.2, 0.25) is 0 Å². The van der Waals surface area contributed by atoms with Gasteiger partial charge < -0.3 is 9.64 Å². The maximum Gasteiger partial charge on any atom is 0.0495 e. The van der Waals surface area contributed by atoms with Gasteiger partial charge in [0.25, 0.3) is 0 Å². The van der Waals surface area contributed by atoms with Crippen molar-refractivity contribution in [2.24, 2.45) is 5.92 Å². The molecule has 0 amide bonds. The minimum Gasteiger partial charge on any atom is -0.381 e. The van der Waals surface area contributed by atoms with Gasteiger partial charge >= 0.3 is 0 Å². The van der Waals surface area contributed by atoms with Gasteiger partial charge in [0.1, 0.15) is 0 Å². The lowest BCUT2D eigenvalue weighted by Gasteiger charge is -2.32. The quantitative estimate of drug-likeness (QED) is 0.666. The van der Waals surface area contributed by atoms with Gasteiger partial charge in [-0.05, 0) is 25.3 Å². The van der Waals surface area contributed by atoms with E-state index in [-0.39, 0.29) is 0 Å². The maximum atomic E-state index is 5.38. The molecule has 2 aliphatic rings. The summed E-state index contributed by atoms with van der Waals surface area (Å²) < 4.78 is 5.38. The number of nitrogens with zero attached hydrogens (tertiary/aromatic N) is 2. The predicted molar refractivity (Wildman–Crippen MR) is 56.9 cm³/mol. The fraction of sp³-hybridized carbons (Fsp3) is 0.909. The molecule has 2 rings (SSSR count). The Morgan fingerprint density at radius 1 is 1.21 bits per heavy atom. The zero-order chi connectivity index (χ0) is 9.80. The fourth-order valence-corrected chi connectivity index (χ4v) is 2.19. The SMILES string of the molecule is [CH2]N1CCN(CCC2CCOC2)CC1. The number of rotatable bonds is 3. The van der Waals surface area contributed by atoms with Crippen molar-refractivity contribution in [1.82, 2.24) is 9.80 Å². The van der Waals surface area contributed by atoms with Crippen molar-refractivity contribution in [3.63, 3.8) is 0 Å². The fourth-order valence-electron chi connectivity index (χ4n) is 2.19. The smallest absolute Gasteiger partial charge is 0.0495 e. The molecule has 0 bridgehead atoms. The summed E-state index contributed by atoms with van der Waals surface area (Å²) >= 11 is 0. The highest BCUT2D eigenvalue weighted by atomic mass is 16.5. The highest BCUT2D eigenvalue weighted by molar-refractivity contribution is 4.73. The Morgan fingerprint density at radius 2 is 2.00 bits per heavy atom. The first-order chi connectivity index (χ1) is 6.84. The van der Waals surface area contributed by atoms with E-state index in [4.69, 9.17) is 4.74 Å². The van der Waals surface area contributed by atoms with Gasteiger partial charge in [-0.2, -0.15) is 0 Å². The summed E-state index contributed by atoms with van der Waals surface area (Å²) in [6, 6.07) is 0. The Balaban J connectivity index is 1.60. The summed E-state index contributed by atoms with van der Waals surface area (Å²) in [5.41, 5.74) is 0. The van der Waals surface area contributed by atoms with E-state index >= 15 is 0 Å². The molecule has 0 aromatic carbocycles. The van der Waals surface area contributed by atoms with Crippen molar-refractivity contribution >= 4 is 0 Å². The van der Waals surface area contributed by atoms with Crippen molar-refractivity contribution in [2.45, 2.75) is 12.8 Å². The largest absolute Gasteiger partial charge is 0.381 e. The lowest BCUT2D eigenvalue weighted by molar-refractivity contribution is 0.149. The Hall–Kier alpha value is -0.120. The van der Waals surface area contributed by atoms with Gasteiger partial charge in [0.05, 0.1) is 0 Å². The Bertz CT molecular complexity index is 161. The van der Waals surface area contributed by atoms with E-state index in [9.17, 15) is 0 Å². The molecule has 0 aliphatic carbocycles. The van der Waals surface area contributed by atoms with Crippen LogP contribution < -0.4 is 0 Å². The molecule has 14 heavy (non-hydrogen) atoms. The van der Waals surface area contributed by atoms with Gasteiger partial charge in [-0.15, -0.1) is 0 Å². The van der Waals surface area contributed by atoms with Gasteiger partial charge in [0.15, 0.2) is 0 Å². The highest BCUT2D eigenvalue weighted by Crippen LogP contribution is 2.16. The number of piperazine rings is 1. The minimum absolute atomic E-state index is 0.827. The van der Waals surface area contributed by atoms with E-state index in [1.54, 1.807) is 0 Å². The minimum atomic E-state index is 0.827. The third kappa shape index (κ3) is 2.94. The van der Waals surface area contributed by atoms with Crippen LogP contribution in [-0.2, 0) is 4.74 Å². The molecule has 0 N–H and O–H groups in total. The Morgan fingerprint density at radius 3 is 2.64 bits per heavy atom. The lowest BCUT2D eigenvalue weighted by atomic mass is 10.0. The molecular formula is C11H21N2O. The molecule has 1 atom stereocenters. The second kappa shape index (κ2) is 5.10. The standard InChI is InChI=1S/C11H21N2O/c1-12-5-7-13(8-6-12)4-2-11-3-9-14-10-11/h11H,1-10H2. The predicted octanol–water partition coefficient (Wildman–Crippen LogP) is 0.822. The van der Waals surface area contributed by atoms with Crippen LogP contribution in [0.1, 0.15) is 12.8 Å². The van der Waals surface area contributed by atoms with Crippen molar-refractivity contribution in [3.8, 4) is 0 Å². The summed E-state index contributed by atoms with van der Waals surface area (Å²) in [6.45, 7) is 7.87. The summed E-state index contributed by atoms with van der Waals surface area (Å²) in [6.07, 6.45) is 2.59. The first-order valence-electron chi connectivity index (χ1n) is 5.70. The normalized spacial score (nSPS) is 31.1. The summed E-state index contributed by atoms with van der Waals surface area (Å²) in [7, 11) is 3.96. The molecule has 3 nitrogen and oxygen atoms in total. The lowest BCUT2D eigenvalue weighted by Crippen LogP contribution is -2.44. The van der Waals surface area contributed by atoms with Crippen LogP contribution >= 0.6 is 0 Å². The molecule has 0 aromatic heterocycles. The number of hydrogen-bond acceptors (Lipinski definition) is 3. The number of ether oxygens (including phenoxy) is 1. The van der Waals surface area contributed by atoms with E-state index < -0.39 is 0 Å². The van der Waals surface area contributed by atoms with Crippen LogP contribution in [0, 0.1) is 13.0 Å². The van der Waals surface area contributed by atoms with E-state index in [0.29, 0.717) is 0 Å². The molecule has 0 spiro atoms. The van der Waals surface area contributed by atoms with Gasteiger partial charge in [0, 0.05) is 46.4 Å². The van der Waals surface area contributed by atoms with E-state index in [2.05, 4.69) is 16.8 Å². The second-order valence-electron chi connectivity index (χ2n) is 4.48. The Kier molecular flexibility index (Phi) is 3.79. The first kappa shape index (κ1) is 10.4. The van der Waals surface area contributed by atoms with Crippen LogP contribution in [0.2, 0.25) is 0 Å². The molecule has 3 heteroatoms. The zero-order valence-electron chi connectivity index (χ0n) is 8.95. The van der Waals surface area contributed by atoms with Gasteiger partial charge in [-0.3, -0.25) is 4.90 Å². The topological polar surface area (TPSA) is 15.7 Å². The van der Waals surface area contributed by atoms with Gasteiger partial charge in [-0.1, -0.05) is 0 Å². The third-order valence-electron chi connectivity index (χ3n) is 3.34. The molecule has 2 aliphatic heterocycles. The third-order valence-corrected chi connectivity index (χ3v) is 3.34. The van der Waals surface area contributed by atoms with Crippen LogP contribution in [-0.4, -0.2) is 55.7 Å². The molecule has 2 saturated heterocycles. The van der Waals surface area contributed by atoms with Crippen LogP contribution in [0.5, 0.6) is 0 Å². The van der Waals surface area contributed by atoms with E-state index in [0.717, 1.165) is 32.2 Å².